The SMILES string of the molecule is CC(/C=C/c1ccccc1)=C\C(=O)NCCCCCC(=O)NO. The molecule has 0 radical (unpaired) electrons. The molecule has 1 rings (SSSR count). The van der Waals surface area contributed by atoms with Crippen molar-refractivity contribution in [3.63, 3.8) is 0 Å². The average Bonchev–Trinajstić information content (AvgIpc) is 2.56. The summed E-state index contributed by atoms with van der Waals surface area (Å²) < 4.78 is 0. The fraction of sp³-hybridized carbons (Fsp3) is 0.333. The van der Waals surface area contributed by atoms with Crippen molar-refractivity contribution in [3.8, 4) is 0 Å². The van der Waals surface area contributed by atoms with Crippen LogP contribution in [0.1, 0.15) is 38.2 Å². The second-order valence-corrected chi connectivity index (χ2v) is 5.27. The van der Waals surface area contributed by atoms with Crippen LogP contribution in [0.4, 0.5) is 0 Å². The van der Waals surface area contributed by atoms with Crippen LogP contribution in [-0.2, 0) is 9.59 Å². The van der Waals surface area contributed by atoms with Crippen molar-refractivity contribution in [3.05, 3.63) is 53.6 Å². The van der Waals surface area contributed by atoms with Crippen molar-refractivity contribution in [2.45, 2.75) is 32.6 Å². The topological polar surface area (TPSA) is 78.4 Å². The number of carbonyl (C=O) groups excluding carboxylic acids is 2. The van der Waals surface area contributed by atoms with Crippen molar-refractivity contribution >= 4 is 17.9 Å². The predicted molar refractivity (Wildman–Crippen MR) is 90.6 cm³/mol. The van der Waals surface area contributed by atoms with Crippen molar-refractivity contribution in [2.24, 2.45) is 0 Å². The minimum atomic E-state index is -0.377. The maximum atomic E-state index is 11.7. The lowest BCUT2D eigenvalue weighted by Gasteiger charge is -2.03. The first-order chi connectivity index (χ1) is 11.1. The Balaban J connectivity index is 2.21. The van der Waals surface area contributed by atoms with E-state index < -0.39 is 0 Å². The van der Waals surface area contributed by atoms with Gasteiger partial charge in [-0.1, -0.05) is 48.9 Å². The lowest BCUT2D eigenvalue weighted by Crippen LogP contribution is -2.22. The van der Waals surface area contributed by atoms with Crippen molar-refractivity contribution < 1.29 is 14.8 Å². The summed E-state index contributed by atoms with van der Waals surface area (Å²) in [7, 11) is 0. The van der Waals surface area contributed by atoms with Gasteiger partial charge in [0.1, 0.15) is 0 Å². The molecule has 0 aliphatic heterocycles. The first-order valence-electron chi connectivity index (χ1n) is 7.74. The second-order valence-electron chi connectivity index (χ2n) is 5.27. The van der Waals surface area contributed by atoms with Crippen LogP contribution in [0.15, 0.2) is 48.1 Å². The number of nitrogens with one attached hydrogen (secondary N) is 2. The molecule has 0 bridgehead atoms. The maximum absolute atomic E-state index is 11.7. The molecule has 1 aromatic rings. The van der Waals surface area contributed by atoms with Gasteiger partial charge >= 0.3 is 0 Å². The van der Waals surface area contributed by atoms with Gasteiger partial charge in [0.15, 0.2) is 0 Å². The molecule has 2 amide bonds. The smallest absolute Gasteiger partial charge is 0.244 e. The average molecular weight is 316 g/mol. The largest absolute Gasteiger partial charge is 0.353 e. The first kappa shape index (κ1) is 18.6. The van der Waals surface area contributed by atoms with Gasteiger partial charge in [-0.3, -0.25) is 14.8 Å². The molecule has 5 heteroatoms. The summed E-state index contributed by atoms with van der Waals surface area (Å²) >= 11 is 0. The number of unbranched alkanes of at least 4 members (excludes halogenated alkanes) is 2. The Morgan fingerprint density at radius 3 is 2.57 bits per heavy atom. The van der Waals surface area contributed by atoms with E-state index in [1.54, 1.807) is 11.6 Å². The fourth-order valence-corrected chi connectivity index (χ4v) is 1.95. The fourth-order valence-electron chi connectivity index (χ4n) is 1.95. The van der Waals surface area contributed by atoms with Crippen molar-refractivity contribution in [2.75, 3.05) is 6.54 Å². The first-order valence-corrected chi connectivity index (χ1v) is 7.74. The van der Waals surface area contributed by atoms with Gasteiger partial charge in [-0.15, -0.1) is 0 Å². The maximum Gasteiger partial charge on any atom is 0.244 e. The van der Waals surface area contributed by atoms with Gasteiger partial charge < -0.3 is 5.32 Å². The minimum absolute atomic E-state index is 0.117. The van der Waals surface area contributed by atoms with Crippen LogP contribution in [0, 0.1) is 0 Å². The molecular weight excluding hydrogens is 292 g/mol. The molecule has 23 heavy (non-hydrogen) atoms. The van der Waals surface area contributed by atoms with E-state index in [2.05, 4.69) is 5.32 Å². The summed E-state index contributed by atoms with van der Waals surface area (Å²) in [5, 5.41) is 11.2. The van der Waals surface area contributed by atoms with Gasteiger partial charge in [-0.05, 0) is 30.9 Å². The molecule has 124 valence electrons. The highest BCUT2D eigenvalue weighted by Crippen LogP contribution is 2.04. The quantitative estimate of drug-likeness (QED) is 0.215. The molecule has 5 nitrogen and oxygen atoms in total. The zero-order valence-corrected chi connectivity index (χ0v) is 13.4. The van der Waals surface area contributed by atoms with Crippen LogP contribution in [0.3, 0.4) is 0 Å². The Morgan fingerprint density at radius 2 is 1.87 bits per heavy atom. The van der Waals surface area contributed by atoms with E-state index in [1.165, 1.54) is 0 Å². The summed E-state index contributed by atoms with van der Waals surface area (Å²) in [5.41, 5.74) is 3.57. The van der Waals surface area contributed by atoms with Crippen LogP contribution in [-0.4, -0.2) is 23.6 Å². The van der Waals surface area contributed by atoms with Crippen LogP contribution in [0.2, 0.25) is 0 Å². The second kappa shape index (κ2) is 11.2. The molecule has 0 aromatic heterocycles. The number of amides is 2. The van der Waals surface area contributed by atoms with Gasteiger partial charge in [-0.25, -0.2) is 5.48 Å². The van der Waals surface area contributed by atoms with Crippen LogP contribution in [0.25, 0.3) is 6.08 Å². The third kappa shape index (κ3) is 9.26. The normalized spacial score (nSPS) is 11.5. The number of carbonyl (C=O) groups is 2. The zero-order valence-electron chi connectivity index (χ0n) is 13.4. The Hall–Kier alpha value is -2.40. The predicted octanol–water partition coefficient (Wildman–Crippen LogP) is 2.83. The molecule has 3 N–H and O–H groups in total. The Bertz CT molecular complexity index is 551. The number of rotatable bonds is 9. The summed E-state index contributed by atoms with van der Waals surface area (Å²) in [6.45, 7) is 2.46. The molecule has 0 heterocycles. The van der Waals surface area contributed by atoms with Gasteiger partial charge in [0.05, 0.1) is 0 Å². The van der Waals surface area contributed by atoms with Crippen LogP contribution in [0.5, 0.6) is 0 Å². The lowest BCUT2D eigenvalue weighted by molar-refractivity contribution is -0.129. The van der Waals surface area contributed by atoms with E-state index in [0.717, 1.165) is 24.0 Å². The number of allylic oxidation sites excluding steroid dienone is 2. The Morgan fingerprint density at radius 1 is 1.13 bits per heavy atom. The minimum Gasteiger partial charge on any atom is -0.353 e. The Kier molecular flexibility index (Phi) is 9.09. The van der Waals surface area contributed by atoms with E-state index in [9.17, 15) is 9.59 Å². The summed E-state index contributed by atoms with van der Waals surface area (Å²) in [5.74, 6) is -0.494. The highest BCUT2D eigenvalue weighted by atomic mass is 16.5. The molecule has 0 saturated heterocycles. The van der Waals surface area contributed by atoms with E-state index in [4.69, 9.17) is 5.21 Å². The van der Waals surface area contributed by atoms with E-state index >= 15 is 0 Å². The van der Waals surface area contributed by atoms with Gasteiger partial charge in [0, 0.05) is 19.0 Å². The zero-order chi connectivity index (χ0) is 16.9. The van der Waals surface area contributed by atoms with E-state index in [1.807, 2.05) is 49.4 Å². The highest BCUT2D eigenvalue weighted by Gasteiger charge is 1.99. The number of benzene rings is 1. The standard InChI is InChI=1S/C18H24N2O3/c1-15(11-12-16-8-4-2-5-9-16)14-18(22)19-13-7-3-6-10-17(21)20-23/h2,4-5,8-9,11-12,14,23H,3,6-7,10,13H2,1H3,(H,19,22)(H,20,21)/b12-11+,15-14+. The van der Waals surface area contributed by atoms with Crippen molar-refractivity contribution in [1.82, 2.24) is 10.8 Å². The summed E-state index contributed by atoms with van der Waals surface area (Å²) in [6, 6.07) is 9.90. The molecular formula is C18H24N2O3. The summed E-state index contributed by atoms with van der Waals surface area (Å²) in [6.07, 6.45) is 8.05. The van der Waals surface area contributed by atoms with Gasteiger partial charge in [0.25, 0.3) is 0 Å². The van der Waals surface area contributed by atoms with Crippen molar-refractivity contribution in [1.29, 1.82) is 0 Å². The number of hydroxylamine groups is 1. The third-order valence-corrected chi connectivity index (χ3v) is 3.20. The number of hydrogen-bond acceptors (Lipinski definition) is 3. The molecule has 0 aliphatic carbocycles. The molecule has 0 spiro atoms. The van der Waals surface area contributed by atoms with E-state index in [-0.39, 0.29) is 11.8 Å². The van der Waals surface area contributed by atoms with Gasteiger partial charge in [0.2, 0.25) is 11.8 Å². The molecule has 0 unspecified atom stereocenters. The molecule has 0 saturated carbocycles. The van der Waals surface area contributed by atoms with Crippen LogP contribution < -0.4 is 10.8 Å². The highest BCUT2D eigenvalue weighted by molar-refractivity contribution is 5.88. The molecule has 0 fully saturated rings. The molecule has 0 aliphatic rings. The monoisotopic (exact) mass is 316 g/mol. The van der Waals surface area contributed by atoms with Crippen LogP contribution >= 0.6 is 0 Å². The van der Waals surface area contributed by atoms with Gasteiger partial charge in [-0.2, -0.15) is 0 Å². The lowest BCUT2D eigenvalue weighted by atomic mass is 10.1. The van der Waals surface area contributed by atoms with E-state index in [0.29, 0.717) is 19.4 Å². The Labute approximate surface area is 137 Å². The third-order valence-electron chi connectivity index (χ3n) is 3.20. The number of hydrogen-bond donors (Lipinski definition) is 3. The molecule has 0 atom stereocenters. The molecule has 1 aromatic carbocycles. The summed E-state index contributed by atoms with van der Waals surface area (Å²) in [4.78, 5) is 22.5.